The lowest BCUT2D eigenvalue weighted by molar-refractivity contribution is 0.122. The van der Waals surface area contributed by atoms with E-state index in [0.29, 0.717) is 6.79 Å². The van der Waals surface area contributed by atoms with E-state index in [1.807, 2.05) is 17.4 Å². The van der Waals surface area contributed by atoms with Crippen LogP contribution >= 0.6 is 11.3 Å². The number of hydrogen-bond acceptors (Lipinski definition) is 5. The third-order valence-electron chi connectivity index (χ3n) is 4.27. The van der Waals surface area contributed by atoms with E-state index in [-0.39, 0.29) is 0 Å². The van der Waals surface area contributed by atoms with Crippen molar-refractivity contribution >= 4 is 11.3 Å². The van der Waals surface area contributed by atoms with Gasteiger partial charge in [-0.1, -0.05) is 12.1 Å². The molecule has 116 valence electrons. The standard InChI is InChI=1S/C17H20N2O2S/c1-2-15(22-9-1)12-19-7-5-18(6-8-19)11-14-3-4-16-17(10-14)21-13-20-16/h1-4,9-10H,5-8,11-13H2. The van der Waals surface area contributed by atoms with E-state index in [1.54, 1.807) is 0 Å². The highest BCUT2D eigenvalue weighted by Crippen LogP contribution is 2.32. The number of thiophene rings is 1. The molecule has 0 unspecified atom stereocenters. The van der Waals surface area contributed by atoms with Gasteiger partial charge in [0.25, 0.3) is 0 Å². The van der Waals surface area contributed by atoms with Gasteiger partial charge in [-0.25, -0.2) is 0 Å². The number of hydrogen-bond donors (Lipinski definition) is 0. The summed E-state index contributed by atoms with van der Waals surface area (Å²) in [6, 6.07) is 10.6. The van der Waals surface area contributed by atoms with Crippen LogP contribution in [0.4, 0.5) is 0 Å². The third-order valence-corrected chi connectivity index (χ3v) is 5.13. The zero-order chi connectivity index (χ0) is 14.8. The van der Waals surface area contributed by atoms with Gasteiger partial charge in [-0.05, 0) is 29.1 Å². The van der Waals surface area contributed by atoms with Crippen LogP contribution in [0.2, 0.25) is 0 Å². The largest absolute Gasteiger partial charge is 0.454 e. The number of benzene rings is 1. The second kappa shape index (κ2) is 6.28. The molecule has 0 aliphatic carbocycles. The van der Waals surface area contributed by atoms with E-state index in [4.69, 9.17) is 9.47 Å². The van der Waals surface area contributed by atoms with E-state index in [0.717, 1.165) is 50.8 Å². The Morgan fingerprint density at radius 3 is 2.45 bits per heavy atom. The monoisotopic (exact) mass is 316 g/mol. The summed E-state index contributed by atoms with van der Waals surface area (Å²) >= 11 is 1.85. The van der Waals surface area contributed by atoms with Gasteiger partial charge in [0.1, 0.15) is 0 Å². The molecule has 0 bridgehead atoms. The van der Waals surface area contributed by atoms with E-state index < -0.39 is 0 Å². The van der Waals surface area contributed by atoms with Crippen molar-refractivity contribution in [1.29, 1.82) is 0 Å². The van der Waals surface area contributed by atoms with Gasteiger partial charge >= 0.3 is 0 Å². The van der Waals surface area contributed by atoms with Crippen LogP contribution in [0.3, 0.4) is 0 Å². The molecular formula is C17H20N2O2S. The first-order valence-electron chi connectivity index (χ1n) is 7.72. The van der Waals surface area contributed by atoms with Crippen LogP contribution in [-0.4, -0.2) is 42.8 Å². The average Bonchev–Trinajstić information content (AvgIpc) is 3.20. The average molecular weight is 316 g/mol. The van der Waals surface area contributed by atoms with Gasteiger partial charge in [-0.2, -0.15) is 0 Å². The molecule has 2 aliphatic rings. The van der Waals surface area contributed by atoms with Gasteiger partial charge < -0.3 is 9.47 Å². The molecule has 1 fully saturated rings. The molecule has 2 aliphatic heterocycles. The topological polar surface area (TPSA) is 24.9 Å². The van der Waals surface area contributed by atoms with Crippen LogP contribution in [0.25, 0.3) is 0 Å². The molecule has 4 nitrogen and oxygen atoms in total. The van der Waals surface area contributed by atoms with Crippen molar-refractivity contribution in [2.45, 2.75) is 13.1 Å². The van der Waals surface area contributed by atoms with Crippen LogP contribution in [0, 0.1) is 0 Å². The summed E-state index contributed by atoms with van der Waals surface area (Å²) in [5, 5.41) is 2.16. The molecule has 4 rings (SSSR count). The Labute approximate surface area is 134 Å². The molecule has 5 heteroatoms. The second-order valence-electron chi connectivity index (χ2n) is 5.82. The second-order valence-corrected chi connectivity index (χ2v) is 6.85. The van der Waals surface area contributed by atoms with Crippen LogP contribution < -0.4 is 9.47 Å². The van der Waals surface area contributed by atoms with Gasteiger partial charge in [0.15, 0.2) is 11.5 Å². The van der Waals surface area contributed by atoms with Gasteiger partial charge in [-0.3, -0.25) is 9.80 Å². The number of nitrogens with zero attached hydrogens (tertiary/aromatic N) is 2. The first-order chi connectivity index (χ1) is 10.9. The normalized spacial score (nSPS) is 18.7. The quantitative estimate of drug-likeness (QED) is 0.866. The minimum Gasteiger partial charge on any atom is -0.454 e. The zero-order valence-corrected chi connectivity index (χ0v) is 13.3. The number of piperazine rings is 1. The van der Waals surface area contributed by atoms with Crippen molar-refractivity contribution in [3.05, 3.63) is 46.2 Å². The summed E-state index contributed by atoms with van der Waals surface area (Å²) in [6.45, 7) is 6.96. The maximum Gasteiger partial charge on any atom is 0.231 e. The lowest BCUT2D eigenvalue weighted by Gasteiger charge is -2.34. The summed E-state index contributed by atoms with van der Waals surface area (Å²) < 4.78 is 10.8. The Morgan fingerprint density at radius 2 is 1.68 bits per heavy atom. The van der Waals surface area contributed by atoms with Gasteiger partial charge in [0.05, 0.1) is 0 Å². The molecule has 0 N–H and O–H groups in total. The lowest BCUT2D eigenvalue weighted by atomic mass is 10.1. The molecule has 0 amide bonds. The van der Waals surface area contributed by atoms with Crippen molar-refractivity contribution in [1.82, 2.24) is 9.80 Å². The Bertz CT molecular complexity index is 622. The summed E-state index contributed by atoms with van der Waals surface area (Å²) in [7, 11) is 0. The summed E-state index contributed by atoms with van der Waals surface area (Å²) in [5.74, 6) is 1.75. The third kappa shape index (κ3) is 3.11. The van der Waals surface area contributed by atoms with E-state index in [1.165, 1.54) is 10.4 Å². The van der Waals surface area contributed by atoms with E-state index in [2.05, 4.69) is 39.4 Å². The van der Waals surface area contributed by atoms with Crippen LogP contribution in [0.5, 0.6) is 11.5 Å². The Balaban J connectivity index is 1.30. The highest BCUT2D eigenvalue weighted by Gasteiger charge is 2.19. The van der Waals surface area contributed by atoms with Crippen molar-refractivity contribution in [3.63, 3.8) is 0 Å². The molecule has 0 saturated carbocycles. The fourth-order valence-electron chi connectivity index (χ4n) is 3.03. The van der Waals surface area contributed by atoms with Gasteiger partial charge in [0.2, 0.25) is 6.79 Å². The smallest absolute Gasteiger partial charge is 0.231 e. The first kappa shape index (κ1) is 14.1. The molecule has 3 heterocycles. The molecule has 0 atom stereocenters. The minimum absolute atomic E-state index is 0.347. The molecule has 1 aromatic carbocycles. The first-order valence-corrected chi connectivity index (χ1v) is 8.60. The summed E-state index contributed by atoms with van der Waals surface area (Å²) in [5.41, 5.74) is 1.30. The molecule has 1 saturated heterocycles. The molecule has 22 heavy (non-hydrogen) atoms. The molecule has 2 aromatic rings. The van der Waals surface area contributed by atoms with Crippen molar-refractivity contribution < 1.29 is 9.47 Å². The van der Waals surface area contributed by atoms with Gasteiger partial charge in [0, 0.05) is 44.1 Å². The summed E-state index contributed by atoms with van der Waals surface area (Å²) in [4.78, 5) is 6.52. The fourth-order valence-corrected chi connectivity index (χ4v) is 3.77. The fraction of sp³-hybridized carbons (Fsp3) is 0.412. The van der Waals surface area contributed by atoms with Crippen molar-refractivity contribution in [2.24, 2.45) is 0 Å². The van der Waals surface area contributed by atoms with Crippen LogP contribution in [0.1, 0.15) is 10.4 Å². The SMILES string of the molecule is c1csc(CN2CCN(Cc3ccc4c(c3)OCO4)CC2)c1. The maximum absolute atomic E-state index is 5.46. The Hall–Kier alpha value is -1.56. The highest BCUT2D eigenvalue weighted by molar-refractivity contribution is 7.09. The number of fused-ring (bicyclic) bond motifs is 1. The minimum atomic E-state index is 0.347. The number of rotatable bonds is 4. The Morgan fingerprint density at radius 1 is 0.909 bits per heavy atom. The summed E-state index contributed by atoms with van der Waals surface area (Å²) in [6.07, 6.45) is 0. The molecule has 0 radical (unpaired) electrons. The van der Waals surface area contributed by atoms with Crippen molar-refractivity contribution in [3.8, 4) is 11.5 Å². The maximum atomic E-state index is 5.46. The lowest BCUT2D eigenvalue weighted by Crippen LogP contribution is -2.45. The van der Waals surface area contributed by atoms with E-state index >= 15 is 0 Å². The molecule has 0 spiro atoms. The number of ether oxygens (including phenoxy) is 2. The van der Waals surface area contributed by atoms with E-state index in [9.17, 15) is 0 Å². The van der Waals surface area contributed by atoms with Crippen molar-refractivity contribution in [2.75, 3.05) is 33.0 Å². The molecule has 1 aromatic heterocycles. The van der Waals surface area contributed by atoms with Crippen LogP contribution in [0.15, 0.2) is 35.7 Å². The van der Waals surface area contributed by atoms with Crippen LogP contribution in [-0.2, 0) is 13.1 Å². The zero-order valence-electron chi connectivity index (χ0n) is 12.5. The Kier molecular flexibility index (Phi) is 4.01. The highest BCUT2D eigenvalue weighted by atomic mass is 32.1. The molecular weight excluding hydrogens is 296 g/mol. The predicted molar refractivity (Wildman–Crippen MR) is 87.4 cm³/mol. The predicted octanol–water partition coefficient (Wildman–Crippen LogP) is 2.79. The van der Waals surface area contributed by atoms with Gasteiger partial charge in [-0.15, -0.1) is 11.3 Å².